The van der Waals surface area contributed by atoms with Crippen molar-refractivity contribution in [3.63, 3.8) is 0 Å². The maximum atomic E-state index is 14.0. The van der Waals surface area contributed by atoms with Gasteiger partial charge in [-0.05, 0) is 42.5 Å². The van der Waals surface area contributed by atoms with E-state index in [1.807, 2.05) is 0 Å². The van der Waals surface area contributed by atoms with Crippen LogP contribution >= 0.6 is 0 Å². The summed E-state index contributed by atoms with van der Waals surface area (Å²) in [4.78, 5) is 114. The minimum atomic E-state index is -1.55. The van der Waals surface area contributed by atoms with Crippen LogP contribution in [0.3, 0.4) is 0 Å². The fraction of sp³-hybridized carbons (Fsp3) is 0.474. The number of aromatic nitrogens is 1. The number of nitrogens with two attached hydrogens (primary N) is 2. The maximum absolute atomic E-state index is 14.0. The van der Waals surface area contributed by atoms with E-state index in [0.717, 1.165) is 4.90 Å². The van der Waals surface area contributed by atoms with Crippen LogP contribution in [0, 0.1) is 5.92 Å². The maximum Gasteiger partial charge on any atom is 0.305 e. The van der Waals surface area contributed by atoms with Crippen LogP contribution in [0.2, 0.25) is 0 Å². The molecule has 11 N–H and O–H groups in total. The van der Waals surface area contributed by atoms with Gasteiger partial charge in [-0.15, -0.1) is 0 Å². The number of carboxylic acid groups (broad SMARTS) is 1. The summed E-state index contributed by atoms with van der Waals surface area (Å²) in [5, 5.41) is 28.9. The van der Waals surface area contributed by atoms with Crippen molar-refractivity contribution in [1.29, 1.82) is 0 Å². The molecule has 0 aliphatic carbocycles. The zero-order chi connectivity index (χ0) is 45.1. The van der Waals surface area contributed by atoms with Crippen molar-refractivity contribution in [3.8, 4) is 0 Å². The topological polar surface area (TPSA) is 336 Å². The SMILES string of the molecule is CC(C)C1NC(=O)c2cc(cc(NC(=O)CCCCCNC(=O)c3ccc(N=[N+]=[Tc])nc3)c2)CNC(=O)[C@H](CC(=O)O)NC(=O)CNC(=O)[C@H](CCCN=C(N)N)N(C)C1=O. The number of unbranched alkanes of at least 4 members (excludes halogenated alkanes) is 2. The number of rotatable bonds is 16. The molecule has 0 saturated carbocycles. The summed E-state index contributed by atoms with van der Waals surface area (Å²) in [6.45, 7) is 3.00. The van der Waals surface area contributed by atoms with Gasteiger partial charge in [0, 0.05) is 37.8 Å². The number of pyridine rings is 1. The van der Waals surface area contributed by atoms with E-state index in [-0.39, 0.29) is 61.4 Å². The molecule has 0 spiro atoms. The molecule has 1 aliphatic rings. The van der Waals surface area contributed by atoms with Crippen molar-refractivity contribution in [2.75, 3.05) is 32.0 Å². The number of nitrogens with zero attached hydrogens (tertiary/aromatic N) is 5. The number of nitrogens with one attached hydrogen (secondary N) is 6. The third-order valence-corrected chi connectivity index (χ3v) is 9.43. The molecule has 1 unspecified atom stereocenters. The molecule has 2 heterocycles. The largest absolute Gasteiger partial charge is 0.481 e. The number of aliphatic carboxylic acids is 1. The van der Waals surface area contributed by atoms with E-state index in [1.165, 1.54) is 31.4 Å². The summed E-state index contributed by atoms with van der Waals surface area (Å²) in [7, 11) is 1.38. The van der Waals surface area contributed by atoms with Crippen molar-refractivity contribution in [2.24, 2.45) is 27.5 Å². The smallest absolute Gasteiger partial charge is 0.305 e. The number of hydrogen-bond donors (Lipinski definition) is 9. The number of amides is 7. The minimum absolute atomic E-state index is 0.0150. The standard InChI is InChI=1S/C38H52N13O9.Tc/c1-21(2)32-37(60)51(3)27(8-7-13-43-38(39)40)36(59)46-20-30(53)48-26(17-31(54)55)35(58)45-18-22-14-24(34(57)49-32)16-25(15-22)47-29(52)9-5-4-6-12-42-33(56)23-10-11-28(50-41)44-19-23;/h10-11,14-16,19,21,26-27,32H,4-9,12-13,17-18,20H2,1-3H3,(H,42,56)(H,45,58)(H,46,59)(H,47,52)(H,48,53)(H,49,57)(H,54,55)(H4,39,40,43);/q-1;+2/t26-,27-,32?;/m0./s1. The molecular formula is C38H52N13O9Tc+. The zero-order valence-electron chi connectivity index (χ0n) is 34.0. The molecule has 7 amide bonds. The van der Waals surface area contributed by atoms with Gasteiger partial charge in [-0.2, -0.15) is 0 Å². The molecule has 3 rings (SSSR count). The predicted molar refractivity (Wildman–Crippen MR) is 216 cm³/mol. The van der Waals surface area contributed by atoms with E-state index in [2.05, 4.69) is 50.4 Å². The number of benzene rings is 1. The first-order valence-electron chi connectivity index (χ1n) is 19.4. The summed E-state index contributed by atoms with van der Waals surface area (Å²) in [6, 6.07) is 3.66. The Hall–Kier alpha value is -6.44. The fourth-order valence-electron chi connectivity index (χ4n) is 6.06. The number of anilines is 1. The summed E-state index contributed by atoms with van der Waals surface area (Å²) in [5.74, 6) is -6.12. The molecule has 22 nitrogen and oxygen atoms in total. The molecule has 1 aromatic carbocycles. The summed E-state index contributed by atoms with van der Waals surface area (Å²) in [6.07, 6.45) is 2.67. The van der Waals surface area contributed by atoms with Crippen LogP contribution in [-0.2, 0) is 54.0 Å². The Balaban J connectivity index is 1.81. The number of carboxylic acids is 1. The quantitative estimate of drug-likeness (QED) is 0.0330. The number of aliphatic imine (C=N–C) groups is 1. The van der Waals surface area contributed by atoms with Crippen LogP contribution in [0.1, 0.15) is 85.1 Å². The van der Waals surface area contributed by atoms with E-state index in [9.17, 15) is 43.5 Å². The number of carbonyl (C=O) groups is 8. The van der Waals surface area contributed by atoms with Crippen LogP contribution < -0.4 is 46.8 Å². The summed E-state index contributed by atoms with van der Waals surface area (Å²) >= 11 is 1.72. The number of likely N-dealkylation sites (N-methyl/N-ethyl adjacent to an activating group) is 1. The summed E-state index contributed by atoms with van der Waals surface area (Å²) in [5.41, 5.74) is 11.7. The van der Waals surface area contributed by atoms with Crippen LogP contribution in [-0.4, -0.2) is 113 Å². The van der Waals surface area contributed by atoms with Crippen LogP contribution in [0.5, 0.6) is 0 Å². The Morgan fingerprint density at radius 2 is 1.74 bits per heavy atom. The summed E-state index contributed by atoms with van der Waals surface area (Å²) < 4.78 is 3.61. The van der Waals surface area contributed by atoms with E-state index < -0.39 is 72.5 Å². The Bertz CT molecular complexity index is 2020. The van der Waals surface area contributed by atoms with Crippen molar-refractivity contribution in [3.05, 3.63) is 53.2 Å². The Morgan fingerprint density at radius 1 is 1.00 bits per heavy atom. The first kappa shape index (κ1) is 48.9. The average Bonchev–Trinajstić information content (AvgIpc) is 3.21. The minimum Gasteiger partial charge on any atom is -0.481 e. The monoisotopic (exact) mass is 931 g/mol. The normalized spacial score (nSPS) is 17.6. The first-order valence-corrected chi connectivity index (χ1v) is 20.2. The van der Waals surface area contributed by atoms with Gasteiger partial charge in [0.1, 0.15) is 18.1 Å². The van der Waals surface area contributed by atoms with E-state index in [0.29, 0.717) is 42.8 Å². The third kappa shape index (κ3) is 16.6. The molecule has 2 bridgehead atoms. The molecule has 329 valence electrons. The molecule has 0 fully saturated rings. The fourth-order valence-corrected chi connectivity index (χ4v) is 6.25. The van der Waals surface area contributed by atoms with Crippen molar-refractivity contribution >= 4 is 64.8 Å². The molecule has 23 heteroatoms. The van der Waals surface area contributed by atoms with Gasteiger partial charge < -0.3 is 48.1 Å². The molecule has 3 atom stereocenters. The number of guanidine groups is 1. The van der Waals surface area contributed by atoms with Gasteiger partial charge in [-0.3, -0.25) is 38.6 Å². The average molecular weight is 933 g/mol. The number of carbonyl (C=O) groups excluding carboxylic acids is 7. The zero-order valence-corrected chi connectivity index (χ0v) is 35.9. The van der Waals surface area contributed by atoms with Crippen LogP contribution in [0.15, 0.2) is 46.6 Å². The van der Waals surface area contributed by atoms with Crippen LogP contribution in [0.25, 0.3) is 0 Å². The van der Waals surface area contributed by atoms with Gasteiger partial charge in [-0.1, -0.05) is 13.8 Å². The van der Waals surface area contributed by atoms with Gasteiger partial charge in [0.25, 0.3) is 5.91 Å². The van der Waals surface area contributed by atoms with E-state index >= 15 is 0 Å². The van der Waals surface area contributed by atoms with Gasteiger partial charge >= 0.3 is 110 Å². The molecule has 0 saturated heterocycles. The van der Waals surface area contributed by atoms with Gasteiger partial charge in [0.05, 0.1) is 13.0 Å². The Labute approximate surface area is 361 Å². The van der Waals surface area contributed by atoms with Crippen LogP contribution in [0.4, 0.5) is 11.5 Å². The molecule has 1 aliphatic heterocycles. The van der Waals surface area contributed by atoms with Gasteiger partial charge in [0.15, 0.2) is 5.96 Å². The van der Waals surface area contributed by atoms with Crippen molar-refractivity contribution in [1.82, 2.24) is 39.9 Å². The second-order valence-electron chi connectivity index (χ2n) is 14.4. The van der Waals surface area contributed by atoms with E-state index in [1.54, 1.807) is 44.7 Å². The predicted octanol–water partition coefficient (Wildman–Crippen LogP) is -0.768. The molecule has 0 radical (unpaired) electrons. The molecule has 1 aromatic heterocycles. The number of hydrogen-bond acceptors (Lipinski definition) is 11. The van der Waals surface area contributed by atoms with Crippen molar-refractivity contribution in [2.45, 2.75) is 83.5 Å². The third-order valence-electron chi connectivity index (χ3n) is 9.24. The number of fused-ring (bicyclic) bond motifs is 2. The Morgan fingerprint density at radius 3 is 2.39 bits per heavy atom. The second-order valence-corrected chi connectivity index (χ2v) is 14.7. The van der Waals surface area contributed by atoms with Crippen molar-refractivity contribution < 1.29 is 62.2 Å². The molecule has 2 aromatic rings. The molecule has 61 heavy (non-hydrogen) atoms. The Kier molecular flexibility index (Phi) is 19.7. The van der Waals surface area contributed by atoms with E-state index in [4.69, 9.17) is 11.5 Å². The first-order chi connectivity index (χ1) is 29.0. The molecular weight excluding hydrogens is 880 g/mol. The van der Waals surface area contributed by atoms with Gasteiger partial charge in [0.2, 0.25) is 29.5 Å². The second kappa shape index (κ2) is 24.6. The van der Waals surface area contributed by atoms with Gasteiger partial charge in [-0.25, -0.2) is 0 Å².